The third-order valence-electron chi connectivity index (χ3n) is 6.36. The summed E-state index contributed by atoms with van der Waals surface area (Å²) in [4.78, 5) is 13.2. The first-order chi connectivity index (χ1) is 18.8. The number of hydrogen-bond donors (Lipinski definition) is 2. The zero-order chi connectivity index (χ0) is 28.3. The topological polar surface area (TPSA) is 131 Å². The van der Waals surface area contributed by atoms with Gasteiger partial charge in [0.25, 0.3) is 0 Å². The monoisotopic (exact) mass is 542 g/mol. The maximum Gasteiger partial charge on any atom is 0.338 e. The molecule has 1 aliphatic rings. The van der Waals surface area contributed by atoms with Gasteiger partial charge in [0.15, 0.2) is 29.1 Å². The number of esters is 1. The number of carbonyl (C=O) groups excluding carboxylic acids is 1. The average molecular weight is 543 g/mol. The van der Waals surface area contributed by atoms with Crippen LogP contribution in [-0.4, -0.2) is 64.9 Å². The lowest BCUT2D eigenvalue weighted by Gasteiger charge is -2.34. The Bertz CT molecular complexity index is 1320. The zero-order valence-corrected chi connectivity index (χ0v) is 22.4. The molecule has 0 aliphatic carbocycles. The fourth-order valence-corrected chi connectivity index (χ4v) is 4.51. The molecule has 0 saturated heterocycles. The van der Waals surface area contributed by atoms with E-state index in [1.54, 1.807) is 24.3 Å². The zero-order valence-electron chi connectivity index (χ0n) is 22.4. The van der Waals surface area contributed by atoms with E-state index in [4.69, 9.17) is 37.9 Å². The normalized spacial score (nSPS) is 15.8. The van der Waals surface area contributed by atoms with Gasteiger partial charge in [-0.05, 0) is 24.3 Å². The van der Waals surface area contributed by atoms with Gasteiger partial charge in [-0.1, -0.05) is 0 Å². The number of hydrogen-bond acceptors (Lipinski definition) is 11. The maximum absolute atomic E-state index is 13.2. The lowest BCUT2D eigenvalue weighted by molar-refractivity contribution is -0.0189. The highest BCUT2D eigenvalue weighted by Crippen LogP contribution is 2.47. The van der Waals surface area contributed by atoms with Crippen molar-refractivity contribution >= 4 is 5.97 Å². The molecule has 2 atom stereocenters. The Morgan fingerprint density at radius 2 is 1.33 bits per heavy atom. The summed E-state index contributed by atoms with van der Waals surface area (Å²) in [6.07, 6.45) is -1.49. The number of benzene rings is 3. The van der Waals surface area contributed by atoms with E-state index >= 15 is 0 Å². The second-order valence-corrected chi connectivity index (χ2v) is 8.50. The highest BCUT2D eigenvalue weighted by Gasteiger charge is 2.38. The lowest BCUT2D eigenvalue weighted by atomic mass is 9.93. The van der Waals surface area contributed by atoms with Crippen molar-refractivity contribution in [2.45, 2.75) is 18.6 Å². The van der Waals surface area contributed by atoms with Crippen LogP contribution in [0.3, 0.4) is 0 Å². The molecule has 0 saturated carbocycles. The molecule has 0 aromatic heterocycles. The lowest BCUT2D eigenvalue weighted by Crippen LogP contribution is -2.35. The van der Waals surface area contributed by atoms with Crippen LogP contribution < -0.4 is 33.2 Å². The molecule has 39 heavy (non-hydrogen) atoms. The molecular formula is C28H30O11. The van der Waals surface area contributed by atoms with Crippen LogP contribution in [-0.2, 0) is 11.2 Å². The molecule has 0 fully saturated rings. The van der Waals surface area contributed by atoms with Crippen LogP contribution in [0.15, 0.2) is 36.4 Å². The fraction of sp³-hybridized carbons (Fsp3) is 0.321. The first-order valence-corrected chi connectivity index (χ1v) is 11.8. The van der Waals surface area contributed by atoms with Gasteiger partial charge in [-0.2, -0.15) is 0 Å². The number of fused-ring (bicyclic) bond motifs is 1. The second-order valence-electron chi connectivity index (χ2n) is 8.50. The van der Waals surface area contributed by atoms with E-state index in [0.29, 0.717) is 45.6 Å². The predicted octanol–water partition coefficient (Wildman–Crippen LogP) is 4.05. The van der Waals surface area contributed by atoms with E-state index < -0.39 is 29.7 Å². The molecule has 4 rings (SSSR count). The van der Waals surface area contributed by atoms with Gasteiger partial charge in [-0.15, -0.1) is 0 Å². The first kappa shape index (κ1) is 27.4. The molecule has 0 spiro atoms. The highest BCUT2D eigenvalue weighted by atomic mass is 16.6. The van der Waals surface area contributed by atoms with Gasteiger partial charge in [-0.3, -0.25) is 0 Å². The number of ether oxygens (including phenoxy) is 8. The summed E-state index contributed by atoms with van der Waals surface area (Å²) < 4.78 is 44.7. The summed E-state index contributed by atoms with van der Waals surface area (Å²) in [5.74, 6) is 0.884. The Morgan fingerprint density at radius 3 is 1.85 bits per heavy atom. The summed E-state index contributed by atoms with van der Waals surface area (Å²) in [6, 6.07) is 9.15. The maximum atomic E-state index is 13.2. The number of methoxy groups -OCH3 is 6. The largest absolute Gasteiger partial charge is 0.504 e. The van der Waals surface area contributed by atoms with Gasteiger partial charge in [0.1, 0.15) is 23.4 Å². The van der Waals surface area contributed by atoms with E-state index in [1.807, 2.05) is 0 Å². The average Bonchev–Trinajstić information content (AvgIpc) is 2.95. The molecule has 11 nitrogen and oxygen atoms in total. The van der Waals surface area contributed by atoms with Crippen LogP contribution in [0.4, 0.5) is 0 Å². The number of carbonyl (C=O) groups is 1. The Balaban J connectivity index is 1.80. The van der Waals surface area contributed by atoms with E-state index in [2.05, 4.69) is 0 Å². The van der Waals surface area contributed by atoms with Gasteiger partial charge in [0, 0.05) is 29.7 Å². The molecule has 2 N–H and O–H groups in total. The Kier molecular flexibility index (Phi) is 7.99. The van der Waals surface area contributed by atoms with Gasteiger partial charge in [0.2, 0.25) is 11.5 Å². The smallest absolute Gasteiger partial charge is 0.338 e. The van der Waals surface area contributed by atoms with Crippen LogP contribution in [0.1, 0.15) is 27.6 Å². The van der Waals surface area contributed by atoms with Crippen molar-refractivity contribution < 1.29 is 52.9 Å². The summed E-state index contributed by atoms with van der Waals surface area (Å²) in [6.45, 7) is 0. The van der Waals surface area contributed by atoms with Crippen LogP contribution in [0, 0.1) is 0 Å². The van der Waals surface area contributed by atoms with E-state index in [-0.39, 0.29) is 17.7 Å². The molecule has 1 aliphatic heterocycles. The molecular weight excluding hydrogens is 512 g/mol. The standard InChI is InChI=1S/C28H30O11/c1-32-16-11-20(33-2)17-13-24(39-28(31)15-7-18(29)26(36-5)19(30)8-15)25(38-21(17)12-16)14-9-22(34-3)27(37-6)23(10-14)35-4/h7-12,24-25,29-30H,13H2,1-6H3. The second kappa shape index (κ2) is 11.4. The summed E-state index contributed by atoms with van der Waals surface area (Å²) in [5.41, 5.74) is 1.16. The van der Waals surface area contributed by atoms with Crippen LogP contribution in [0.5, 0.6) is 51.7 Å². The molecule has 11 heteroatoms. The van der Waals surface area contributed by atoms with E-state index in [1.165, 1.54) is 42.7 Å². The fourth-order valence-electron chi connectivity index (χ4n) is 4.51. The van der Waals surface area contributed by atoms with Crippen LogP contribution in [0.25, 0.3) is 0 Å². The Hall–Kier alpha value is -4.67. The molecule has 0 amide bonds. The molecule has 3 aromatic rings. The quantitative estimate of drug-likeness (QED) is 0.380. The van der Waals surface area contributed by atoms with Crippen molar-refractivity contribution in [3.8, 4) is 51.7 Å². The van der Waals surface area contributed by atoms with Crippen molar-refractivity contribution in [2.75, 3.05) is 42.7 Å². The predicted molar refractivity (Wildman–Crippen MR) is 138 cm³/mol. The number of rotatable bonds is 9. The minimum Gasteiger partial charge on any atom is -0.504 e. The molecule has 3 aromatic carbocycles. The molecule has 0 bridgehead atoms. The number of phenols is 2. The minimum absolute atomic E-state index is 0.0815. The minimum atomic E-state index is -0.874. The van der Waals surface area contributed by atoms with Crippen molar-refractivity contribution in [1.29, 1.82) is 0 Å². The molecule has 208 valence electrons. The SMILES string of the molecule is COc1cc(OC)c2c(c1)OC(c1cc(OC)c(OC)c(OC)c1)C(OC(=O)c1cc(O)c(OC)c(O)c1)C2. The van der Waals surface area contributed by atoms with Crippen molar-refractivity contribution in [3.05, 3.63) is 53.1 Å². The van der Waals surface area contributed by atoms with Gasteiger partial charge < -0.3 is 48.1 Å². The van der Waals surface area contributed by atoms with E-state index in [0.717, 1.165) is 12.1 Å². The van der Waals surface area contributed by atoms with Crippen LogP contribution >= 0.6 is 0 Å². The molecule has 1 heterocycles. The van der Waals surface area contributed by atoms with Crippen molar-refractivity contribution in [2.24, 2.45) is 0 Å². The first-order valence-electron chi connectivity index (χ1n) is 11.8. The summed E-state index contributed by atoms with van der Waals surface area (Å²) in [5, 5.41) is 20.4. The summed E-state index contributed by atoms with van der Waals surface area (Å²) >= 11 is 0. The highest BCUT2D eigenvalue weighted by molar-refractivity contribution is 5.91. The summed E-state index contributed by atoms with van der Waals surface area (Å²) in [7, 11) is 8.82. The van der Waals surface area contributed by atoms with Crippen molar-refractivity contribution in [3.63, 3.8) is 0 Å². The number of phenolic OH excluding ortho intramolecular Hbond substituents is 2. The molecule has 0 radical (unpaired) electrons. The third kappa shape index (κ3) is 5.20. The van der Waals surface area contributed by atoms with Crippen LogP contribution in [0.2, 0.25) is 0 Å². The van der Waals surface area contributed by atoms with Gasteiger partial charge in [0.05, 0.1) is 48.2 Å². The Morgan fingerprint density at radius 1 is 0.744 bits per heavy atom. The van der Waals surface area contributed by atoms with Crippen molar-refractivity contribution in [1.82, 2.24) is 0 Å². The van der Waals surface area contributed by atoms with Gasteiger partial charge in [-0.25, -0.2) is 4.79 Å². The number of aromatic hydroxyl groups is 2. The van der Waals surface area contributed by atoms with E-state index in [9.17, 15) is 15.0 Å². The molecule has 2 unspecified atom stereocenters. The Labute approximate surface area is 225 Å². The van der Waals surface area contributed by atoms with Gasteiger partial charge >= 0.3 is 5.97 Å². The third-order valence-corrected chi connectivity index (χ3v) is 6.36.